The molecule has 1 N–H and O–H groups in total. The Bertz CT molecular complexity index is 719. The van der Waals surface area contributed by atoms with E-state index < -0.39 is 18.3 Å². The summed E-state index contributed by atoms with van der Waals surface area (Å²) in [6.45, 7) is 1.83. The third-order valence-electron chi connectivity index (χ3n) is 3.71. The Hall–Kier alpha value is -2.75. The highest BCUT2D eigenvalue weighted by molar-refractivity contribution is 6.09. The minimum Gasteiger partial charge on any atom is -0.481 e. The van der Waals surface area contributed by atoms with E-state index in [0.717, 1.165) is 0 Å². The zero-order valence-corrected chi connectivity index (χ0v) is 12.9. The Kier molecular flexibility index (Phi) is 5.41. The highest BCUT2D eigenvalue weighted by atomic mass is 16.4. The van der Waals surface area contributed by atoms with Crippen LogP contribution in [0.15, 0.2) is 54.6 Å². The molecule has 0 radical (unpaired) electrons. The zero-order valence-electron chi connectivity index (χ0n) is 12.9. The molecule has 2 rings (SSSR count). The average Bonchev–Trinajstić information content (AvgIpc) is 2.55. The average molecular weight is 310 g/mol. The Labute approximate surface area is 134 Å². The van der Waals surface area contributed by atoms with Crippen LogP contribution in [0.5, 0.6) is 0 Å². The largest absolute Gasteiger partial charge is 0.481 e. The minimum atomic E-state index is -1.13. The van der Waals surface area contributed by atoms with E-state index in [1.54, 1.807) is 48.5 Å². The fourth-order valence-electron chi connectivity index (χ4n) is 2.57. The number of benzene rings is 2. The molecule has 0 heterocycles. The van der Waals surface area contributed by atoms with Gasteiger partial charge in [0.25, 0.3) is 0 Å². The van der Waals surface area contributed by atoms with Gasteiger partial charge in [-0.05, 0) is 18.1 Å². The Balaban J connectivity index is 2.30. The quantitative estimate of drug-likeness (QED) is 0.628. The van der Waals surface area contributed by atoms with Crippen LogP contribution in [0.3, 0.4) is 0 Å². The summed E-state index contributed by atoms with van der Waals surface area (Å²) in [5, 5.41) is 8.79. The fourth-order valence-corrected chi connectivity index (χ4v) is 2.57. The van der Waals surface area contributed by atoms with Gasteiger partial charge in [0.2, 0.25) is 0 Å². The Morgan fingerprint density at radius 3 is 2.22 bits per heavy atom. The smallest absolute Gasteiger partial charge is 0.310 e. The van der Waals surface area contributed by atoms with E-state index in [4.69, 9.17) is 5.11 Å². The van der Waals surface area contributed by atoms with Gasteiger partial charge in [-0.15, -0.1) is 0 Å². The number of aliphatic carboxylic acids is 1. The topological polar surface area (TPSA) is 71.4 Å². The molecule has 4 heteroatoms. The molecule has 0 aliphatic heterocycles. The summed E-state index contributed by atoms with van der Waals surface area (Å²) in [4.78, 5) is 35.3. The summed E-state index contributed by atoms with van der Waals surface area (Å²) in [7, 11) is 0. The van der Waals surface area contributed by atoms with Crippen molar-refractivity contribution < 1.29 is 19.5 Å². The maximum absolute atomic E-state index is 12.5. The first-order chi connectivity index (χ1) is 11.0. The van der Waals surface area contributed by atoms with Crippen LogP contribution in [0.4, 0.5) is 0 Å². The van der Waals surface area contributed by atoms with Gasteiger partial charge in [0.05, 0.1) is 0 Å². The lowest BCUT2D eigenvalue weighted by Crippen LogP contribution is -2.16. The number of carbonyl (C=O) groups is 3. The zero-order chi connectivity index (χ0) is 16.8. The van der Waals surface area contributed by atoms with Gasteiger partial charge in [-0.3, -0.25) is 14.4 Å². The summed E-state index contributed by atoms with van der Waals surface area (Å²) in [5.74, 6) is -2.10. The number of Topliss-reactive ketones (excluding diaryl/α,β-unsaturated/α-hetero) is 1. The molecule has 0 fully saturated rings. The predicted molar refractivity (Wildman–Crippen MR) is 86.6 cm³/mol. The van der Waals surface area contributed by atoms with Crippen LogP contribution in [-0.2, 0) is 9.59 Å². The van der Waals surface area contributed by atoms with Crippen molar-refractivity contribution in [3.63, 3.8) is 0 Å². The second kappa shape index (κ2) is 7.49. The minimum absolute atomic E-state index is 0.118. The van der Waals surface area contributed by atoms with E-state index >= 15 is 0 Å². The van der Waals surface area contributed by atoms with E-state index in [1.807, 2.05) is 13.0 Å². The molecule has 118 valence electrons. The maximum Gasteiger partial charge on any atom is 0.310 e. The van der Waals surface area contributed by atoms with Gasteiger partial charge >= 0.3 is 5.97 Å². The van der Waals surface area contributed by atoms with Crippen LogP contribution in [-0.4, -0.2) is 22.6 Å². The monoisotopic (exact) mass is 310 g/mol. The van der Waals surface area contributed by atoms with Crippen LogP contribution in [0, 0.1) is 0 Å². The fraction of sp³-hybridized carbons (Fsp3) is 0.211. The molecule has 0 amide bonds. The van der Waals surface area contributed by atoms with Gasteiger partial charge in [-0.25, -0.2) is 0 Å². The summed E-state index contributed by atoms with van der Waals surface area (Å²) in [6.07, 6.45) is -0.00946. The lowest BCUT2D eigenvalue weighted by atomic mass is 9.88. The van der Waals surface area contributed by atoms with Crippen molar-refractivity contribution in [3.8, 4) is 0 Å². The van der Waals surface area contributed by atoms with Gasteiger partial charge in [-0.2, -0.15) is 0 Å². The number of ketones is 2. The summed E-state index contributed by atoms with van der Waals surface area (Å²) in [6, 6.07) is 15.8. The normalized spacial score (nSPS) is 11.7. The van der Waals surface area contributed by atoms with Crippen molar-refractivity contribution in [1.82, 2.24) is 0 Å². The molecular weight excluding hydrogens is 292 g/mol. The van der Waals surface area contributed by atoms with Crippen molar-refractivity contribution in [3.05, 3.63) is 71.3 Å². The molecule has 0 saturated carbocycles. The number of hydrogen-bond acceptors (Lipinski definition) is 3. The third kappa shape index (κ3) is 4.13. The van der Waals surface area contributed by atoms with Gasteiger partial charge in [0.1, 0.15) is 6.42 Å². The SMILES string of the molecule is CC[C@@H](C(=O)CC(=O)O)c1cccc(C(=O)c2ccccc2)c1. The summed E-state index contributed by atoms with van der Waals surface area (Å²) >= 11 is 0. The first-order valence-electron chi connectivity index (χ1n) is 7.47. The second-order valence-electron chi connectivity index (χ2n) is 5.32. The lowest BCUT2D eigenvalue weighted by molar-refractivity contribution is -0.140. The standard InChI is InChI=1S/C19H18O4/c1-2-16(17(20)12-18(21)22)14-9-6-10-15(11-14)19(23)13-7-4-3-5-8-13/h3-11,16H,2,12H2,1H3,(H,21,22)/t16-/m1/s1. The predicted octanol–water partition coefficient (Wildman–Crippen LogP) is 3.46. The van der Waals surface area contributed by atoms with Crippen molar-refractivity contribution in [1.29, 1.82) is 0 Å². The van der Waals surface area contributed by atoms with E-state index in [-0.39, 0.29) is 11.6 Å². The number of carbonyl (C=O) groups excluding carboxylic acids is 2. The molecule has 1 atom stereocenters. The van der Waals surface area contributed by atoms with Gasteiger partial charge < -0.3 is 5.11 Å². The molecule has 0 aromatic heterocycles. The molecule has 0 aliphatic rings. The molecule has 0 bridgehead atoms. The highest BCUT2D eigenvalue weighted by Gasteiger charge is 2.22. The van der Waals surface area contributed by atoms with Crippen molar-refractivity contribution in [2.75, 3.05) is 0 Å². The molecule has 2 aromatic carbocycles. The Morgan fingerprint density at radius 1 is 0.957 bits per heavy atom. The molecule has 23 heavy (non-hydrogen) atoms. The van der Waals surface area contributed by atoms with E-state index in [2.05, 4.69) is 0 Å². The van der Waals surface area contributed by atoms with Crippen LogP contribution < -0.4 is 0 Å². The third-order valence-corrected chi connectivity index (χ3v) is 3.71. The number of carboxylic acid groups (broad SMARTS) is 1. The van der Waals surface area contributed by atoms with Crippen molar-refractivity contribution >= 4 is 17.5 Å². The number of rotatable bonds is 7. The molecule has 4 nitrogen and oxygen atoms in total. The van der Waals surface area contributed by atoms with Crippen molar-refractivity contribution in [2.24, 2.45) is 0 Å². The van der Waals surface area contributed by atoms with Crippen LogP contribution in [0.25, 0.3) is 0 Å². The van der Waals surface area contributed by atoms with Crippen LogP contribution >= 0.6 is 0 Å². The van der Waals surface area contributed by atoms with Crippen molar-refractivity contribution in [2.45, 2.75) is 25.7 Å². The molecular formula is C19H18O4. The number of hydrogen-bond donors (Lipinski definition) is 1. The van der Waals surface area contributed by atoms with E-state index in [1.165, 1.54) is 0 Å². The summed E-state index contributed by atoms with van der Waals surface area (Å²) in [5.41, 5.74) is 1.75. The number of carboxylic acids is 1. The molecule has 0 spiro atoms. The van der Waals surface area contributed by atoms with Gasteiger partial charge in [0, 0.05) is 17.0 Å². The first kappa shape index (κ1) is 16.6. The van der Waals surface area contributed by atoms with E-state index in [0.29, 0.717) is 23.1 Å². The second-order valence-corrected chi connectivity index (χ2v) is 5.32. The van der Waals surface area contributed by atoms with Gasteiger partial charge in [0.15, 0.2) is 11.6 Å². The molecule has 2 aromatic rings. The maximum atomic E-state index is 12.5. The Morgan fingerprint density at radius 2 is 1.61 bits per heavy atom. The lowest BCUT2D eigenvalue weighted by Gasteiger charge is -2.14. The van der Waals surface area contributed by atoms with E-state index in [9.17, 15) is 14.4 Å². The summed E-state index contributed by atoms with van der Waals surface area (Å²) < 4.78 is 0. The first-order valence-corrected chi connectivity index (χ1v) is 7.47. The molecule has 0 unspecified atom stereocenters. The van der Waals surface area contributed by atoms with Crippen LogP contribution in [0.2, 0.25) is 0 Å². The molecule has 0 aliphatic carbocycles. The van der Waals surface area contributed by atoms with Crippen LogP contribution in [0.1, 0.15) is 47.2 Å². The molecule has 0 saturated heterocycles. The van der Waals surface area contributed by atoms with Gasteiger partial charge in [-0.1, -0.05) is 55.5 Å². The highest BCUT2D eigenvalue weighted by Crippen LogP contribution is 2.24.